The molecule has 5 nitrogen and oxygen atoms in total. The molecule has 0 spiro atoms. The number of carboxylic acid groups (broad SMARTS) is 1. The number of hydrogen-bond acceptors (Lipinski definition) is 2. The molecule has 1 amide bonds. The molecule has 0 fully saturated rings. The minimum atomic E-state index is -4.74. The van der Waals surface area contributed by atoms with Crippen LogP contribution in [0.15, 0.2) is 30.5 Å². The van der Waals surface area contributed by atoms with E-state index in [0.717, 1.165) is 22.9 Å². The Morgan fingerprint density at radius 1 is 1.25 bits per heavy atom. The molecule has 2 heterocycles. The van der Waals surface area contributed by atoms with Crippen LogP contribution >= 0.6 is 0 Å². The second kappa shape index (κ2) is 5.36. The van der Waals surface area contributed by atoms with Gasteiger partial charge in [-0.05, 0) is 24.3 Å². The van der Waals surface area contributed by atoms with E-state index < -0.39 is 41.8 Å². The van der Waals surface area contributed by atoms with Crippen molar-refractivity contribution >= 4 is 17.6 Å². The van der Waals surface area contributed by atoms with Crippen molar-refractivity contribution in [3.05, 3.63) is 47.5 Å². The lowest BCUT2D eigenvalue weighted by molar-refractivity contribution is -0.157. The molecule has 3 rings (SSSR count). The molecule has 2 aromatic rings. The third kappa shape index (κ3) is 2.61. The van der Waals surface area contributed by atoms with E-state index in [1.165, 1.54) is 12.1 Å². The zero-order chi connectivity index (χ0) is 17.6. The number of nitrogens with one attached hydrogen (secondary N) is 1. The summed E-state index contributed by atoms with van der Waals surface area (Å²) in [7, 11) is 0. The van der Waals surface area contributed by atoms with Crippen molar-refractivity contribution in [1.29, 1.82) is 0 Å². The van der Waals surface area contributed by atoms with Gasteiger partial charge in [0.2, 0.25) is 5.91 Å². The topological polar surface area (TPSA) is 71.3 Å². The third-order valence-electron chi connectivity index (χ3n) is 3.76. The first kappa shape index (κ1) is 16.0. The van der Waals surface area contributed by atoms with Crippen LogP contribution in [0.2, 0.25) is 0 Å². The number of anilines is 1. The molecule has 0 saturated carbocycles. The Bertz CT molecular complexity index is 824. The molecule has 126 valence electrons. The molecular formula is C15H10F4N2O3. The van der Waals surface area contributed by atoms with E-state index in [1.807, 2.05) is 0 Å². The van der Waals surface area contributed by atoms with Crippen LogP contribution in [0.4, 0.5) is 23.2 Å². The van der Waals surface area contributed by atoms with Gasteiger partial charge >= 0.3 is 12.1 Å². The van der Waals surface area contributed by atoms with Gasteiger partial charge in [-0.25, -0.2) is 9.18 Å². The SMILES string of the molecule is O=C1C[C@@H](C(F)(F)F)c2c(c(C(=O)O)cn2-c2ccc(F)cc2)N1. The first-order chi connectivity index (χ1) is 11.2. The first-order valence-corrected chi connectivity index (χ1v) is 6.79. The van der Waals surface area contributed by atoms with Crippen molar-refractivity contribution in [3.63, 3.8) is 0 Å². The molecule has 1 aliphatic heterocycles. The smallest absolute Gasteiger partial charge is 0.397 e. The van der Waals surface area contributed by atoms with Gasteiger partial charge in [-0.2, -0.15) is 13.2 Å². The third-order valence-corrected chi connectivity index (χ3v) is 3.76. The summed E-state index contributed by atoms with van der Waals surface area (Å²) >= 11 is 0. The lowest BCUT2D eigenvalue weighted by Crippen LogP contribution is -2.33. The Hall–Kier alpha value is -2.84. The number of rotatable bonds is 2. The number of carbonyl (C=O) groups excluding carboxylic acids is 1. The van der Waals surface area contributed by atoms with E-state index in [9.17, 15) is 32.3 Å². The number of halogens is 4. The predicted molar refractivity (Wildman–Crippen MR) is 74.7 cm³/mol. The number of hydrogen-bond donors (Lipinski definition) is 2. The summed E-state index contributed by atoms with van der Waals surface area (Å²) in [6.45, 7) is 0. The number of carboxylic acids is 1. The quantitative estimate of drug-likeness (QED) is 0.823. The van der Waals surface area contributed by atoms with Crippen LogP contribution in [-0.2, 0) is 4.79 Å². The van der Waals surface area contributed by atoms with Gasteiger partial charge in [0.05, 0.1) is 11.4 Å². The Morgan fingerprint density at radius 2 is 1.88 bits per heavy atom. The van der Waals surface area contributed by atoms with Crippen molar-refractivity contribution < 1.29 is 32.3 Å². The maximum Gasteiger partial charge on any atom is 0.397 e. The molecule has 0 radical (unpaired) electrons. The van der Waals surface area contributed by atoms with Gasteiger partial charge in [-0.1, -0.05) is 0 Å². The highest BCUT2D eigenvalue weighted by molar-refractivity contribution is 6.03. The highest BCUT2D eigenvalue weighted by Crippen LogP contribution is 2.46. The van der Waals surface area contributed by atoms with Crippen LogP contribution < -0.4 is 5.32 Å². The Kier molecular flexibility index (Phi) is 3.58. The van der Waals surface area contributed by atoms with Gasteiger partial charge in [-0.3, -0.25) is 4.79 Å². The van der Waals surface area contributed by atoms with Crippen LogP contribution in [0.1, 0.15) is 28.4 Å². The lowest BCUT2D eigenvalue weighted by Gasteiger charge is -2.27. The van der Waals surface area contributed by atoms with Gasteiger partial charge in [0.1, 0.15) is 17.3 Å². The molecule has 24 heavy (non-hydrogen) atoms. The molecule has 9 heteroatoms. The number of benzene rings is 1. The average Bonchev–Trinajstić information content (AvgIpc) is 2.85. The zero-order valence-electron chi connectivity index (χ0n) is 11.9. The van der Waals surface area contributed by atoms with Gasteiger partial charge in [0.15, 0.2) is 0 Å². The zero-order valence-corrected chi connectivity index (χ0v) is 11.9. The van der Waals surface area contributed by atoms with Crippen molar-refractivity contribution in [2.75, 3.05) is 5.32 Å². The largest absolute Gasteiger partial charge is 0.478 e. The summed E-state index contributed by atoms with van der Waals surface area (Å²) in [6.07, 6.45) is -4.59. The van der Waals surface area contributed by atoms with Crippen molar-refractivity contribution in [2.45, 2.75) is 18.5 Å². The molecule has 0 aliphatic carbocycles. The molecule has 1 aliphatic rings. The number of aromatic nitrogens is 1. The molecule has 0 saturated heterocycles. The highest BCUT2D eigenvalue weighted by Gasteiger charge is 2.48. The fourth-order valence-electron chi connectivity index (χ4n) is 2.72. The summed E-state index contributed by atoms with van der Waals surface area (Å²) in [5.74, 6) is -5.13. The summed E-state index contributed by atoms with van der Waals surface area (Å²) in [6, 6.07) is 4.55. The number of nitrogens with zero attached hydrogens (tertiary/aromatic N) is 1. The van der Waals surface area contributed by atoms with E-state index in [4.69, 9.17) is 0 Å². The van der Waals surface area contributed by atoms with E-state index in [-0.39, 0.29) is 17.1 Å². The summed E-state index contributed by atoms with van der Waals surface area (Å²) in [5.41, 5.74) is -1.07. The average molecular weight is 342 g/mol. The maximum atomic E-state index is 13.4. The minimum absolute atomic E-state index is 0.158. The molecule has 0 bridgehead atoms. The summed E-state index contributed by atoms with van der Waals surface area (Å²) in [4.78, 5) is 22.9. The Balaban J connectivity index is 2.28. The number of fused-ring (bicyclic) bond motifs is 1. The molecule has 0 unspecified atom stereocenters. The molecule has 1 atom stereocenters. The minimum Gasteiger partial charge on any atom is -0.478 e. The van der Waals surface area contributed by atoms with Gasteiger partial charge < -0.3 is 15.0 Å². The van der Waals surface area contributed by atoms with E-state index >= 15 is 0 Å². The van der Waals surface area contributed by atoms with Gasteiger partial charge in [0, 0.05) is 18.3 Å². The number of alkyl halides is 3. The van der Waals surface area contributed by atoms with Crippen LogP contribution in [0.3, 0.4) is 0 Å². The van der Waals surface area contributed by atoms with Crippen molar-refractivity contribution in [2.24, 2.45) is 0 Å². The first-order valence-electron chi connectivity index (χ1n) is 6.79. The maximum absolute atomic E-state index is 13.4. The number of amides is 1. The second-order valence-corrected chi connectivity index (χ2v) is 5.30. The normalized spacial score (nSPS) is 17.3. The predicted octanol–water partition coefficient (Wildman–Crippen LogP) is 3.30. The van der Waals surface area contributed by atoms with E-state index in [1.54, 1.807) is 0 Å². The Labute approximate surface area is 132 Å². The van der Waals surface area contributed by atoms with Crippen LogP contribution in [0, 0.1) is 5.82 Å². The molecule has 2 N–H and O–H groups in total. The van der Waals surface area contributed by atoms with Gasteiger partial charge in [0.25, 0.3) is 0 Å². The van der Waals surface area contributed by atoms with Gasteiger partial charge in [-0.15, -0.1) is 0 Å². The fourth-order valence-corrected chi connectivity index (χ4v) is 2.72. The highest BCUT2D eigenvalue weighted by atomic mass is 19.4. The van der Waals surface area contributed by atoms with Crippen molar-refractivity contribution in [3.8, 4) is 5.69 Å². The number of carbonyl (C=O) groups is 2. The van der Waals surface area contributed by atoms with Crippen LogP contribution in [-0.4, -0.2) is 27.7 Å². The molecule has 1 aromatic heterocycles. The molecular weight excluding hydrogens is 332 g/mol. The standard InChI is InChI=1S/C15H10F4N2O3/c16-7-1-3-8(4-2-7)21-6-9(14(23)24)12-13(21)10(15(17,18)19)5-11(22)20-12/h1-4,6,10H,5H2,(H,20,22)(H,23,24)/t10-/m1/s1. The lowest BCUT2D eigenvalue weighted by atomic mass is 9.94. The molecule has 1 aromatic carbocycles. The van der Waals surface area contributed by atoms with Crippen LogP contribution in [0.5, 0.6) is 0 Å². The van der Waals surface area contributed by atoms with E-state index in [2.05, 4.69) is 5.32 Å². The van der Waals surface area contributed by atoms with Crippen LogP contribution in [0.25, 0.3) is 5.69 Å². The number of aromatic carboxylic acids is 1. The fraction of sp³-hybridized carbons (Fsp3) is 0.200. The van der Waals surface area contributed by atoms with Crippen molar-refractivity contribution in [1.82, 2.24) is 4.57 Å². The van der Waals surface area contributed by atoms with E-state index in [0.29, 0.717) is 0 Å². The monoisotopic (exact) mass is 342 g/mol. The summed E-state index contributed by atoms with van der Waals surface area (Å²) < 4.78 is 54.2. The second-order valence-electron chi connectivity index (χ2n) is 5.30. The Morgan fingerprint density at radius 3 is 2.42 bits per heavy atom. The summed E-state index contributed by atoms with van der Waals surface area (Å²) in [5, 5.41) is 11.4.